The summed E-state index contributed by atoms with van der Waals surface area (Å²) in [5, 5.41) is 3.01. The Labute approximate surface area is 152 Å². The maximum absolute atomic E-state index is 12.1. The molecule has 0 aromatic heterocycles. The third-order valence-electron chi connectivity index (χ3n) is 2.77. The molecule has 2 rings (SSSR count). The summed E-state index contributed by atoms with van der Waals surface area (Å²) in [7, 11) is -3.78. The van der Waals surface area contributed by atoms with Crippen molar-refractivity contribution in [3.63, 3.8) is 0 Å². The van der Waals surface area contributed by atoms with E-state index in [4.69, 9.17) is 23.2 Å². The molecule has 122 valence electrons. The summed E-state index contributed by atoms with van der Waals surface area (Å²) in [5.41, 5.74) is 0.240. The molecule has 0 aliphatic rings. The molecular weight excluding hydrogens is 427 g/mol. The minimum Gasteiger partial charge on any atom is -0.322 e. The van der Waals surface area contributed by atoms with Gasteiger partial charge in [0, 0.05) is 4.47 Å². The first kappa shape index (κ1) is 18.2. The van der Waals surface area contributed by atoms with Gasteiger partial charge < -0.3 is 5.32 Å². The minimum absolute atomic E-state index is 0.0595. The number of carbonyl (C=O) groups excluding carboxylic acids is 1. The van der Waals surface area contributed by atoms with Gasteiger partial charge in [-0.3, -0.25) is 4.79 Å². The van der Waals surface area contributed by atoms with Gasteiger partial charge >= 0.3 is 0 Å². The van der Waals surface area contributed by atoms with Crippen molar-refractivity contribution in [3.05, 3.63) is 57.0 Å². The Kier molecular flexibility index (Phi) is 6.05. The van der Waals surface area contributed by atoms with Gasteiger partial charge in [0.1, 0.15) is 0 Å². The van der Waals surface area contributed by atoms with E-state index in [1.54, 1.807) is 30.3 Å². The Morgan fingerprint density at radius 3 is 2.17 bits per heavy atom. The van der Waals surface area contributed by atoms with Crippen LogP contribution in [0.1, 0.15) is 0 Å². The molecule has 0 heterocycles. The van der Waals surface area contributed by atoms with Crippen LogP contribution >= 0.6 is 39.1 Å². The van der Waals surface area contributed by atoms with Gasteiger partial charge in [-0.1, -0.05) is 45.2 Å². The Balaban J connectivity index is 2.03. The molecule has 0 spiro atoms. The first-order valence-electron chi connectivity index (χ1n) is 6.29. The smallest absolute Gasteiger partial charge is 0.241 e. The molecule has 0 unspecified atom stereocenters. The summed E-state index contributed by atoms with van der Waals surface area (Å²) in [4.78, 5) is 11.9. The lowest BCUT2D eigenvalue weighted by atomic mass is 10.3. The number of rotatable bonds is 5. The van der Waals surface area contributed by atoms with E-state index in [-0.39, 0.29) is 20.6 Å². The molecule has 5 nitrogen and oxygen atoms in total. The van der Waals surface area contributed by atoms with Gasteiger partial charge in [0.15, 0.2) is 0 Å². The fourth-order valence-electron chi connectivity index (χ4n) is 1.66. The molecule has 2 aromatic rings. The van der Waals surface area contributed by atoms with Gasteiger partial charge in [0.05, 0.1) is 27.2 Å². The van der Waals surface area contributed by atoms with Crippen LogP contribution < -0.4 is 10.0 Å². The van der Waals surface area contributed by atoms with Crippen LogP contribution in [0, 0.1) is 0 Å². The second-order valence-corrected chi connectivity index (χ2v) is 7.92. The second kappa shape index (κ2) is 7.63. The number of sulfonamides is 1. The Hall–Kier alpha value is -1.12. The molecule has 9 heteroatoms. The molecule has 0 saturated carbocycles. The van der Waals surface area contributed by atoms with Crippen LogP contribution in [0.4, 0.5) is 5.69 Å². The molecule has 23 heavy (non-hydrogen) atoms. The highest BCUT2D eigenvalue weighted by atomic mass is 79.9. The SMILES string of the molecule is O=C(CNS(=O)(=O)c1ccc(Br)cc1)Nc1c(Cl)cccc1Cl. The number of hydrogen-bond donors (Lipinski definition) is 2. The molecule has 0 aliphatic heterocycles. The van der Waals surface area contributed by atoms with Gasteiger partial charge in [0.2, 0.25) is 15.9 Å². The second-order valence-electron chi connectivity index (χ2n) is 4.42. The largest absolute Gasteiger partial charge is 0.322 e. The lowest BCUT2D eigenvalue weighted by Gasteiger charge is -2.10. The number of anilines is 1. The molecule has 0 aliphatic carbocycles. The van der Waals surface area contributed by atoms with Crippen molar-refractivity contribution in [1.82, 2.24) is 4.72 Å². The first-order valence-corrected chi connectivity index (χ1v) is 9.32. The first-order chi connectivity index (χ1) is 10.8. The number of nitrogens with one attached hydrogen (secondary N) is 2. The van der Waals surface area contributed by atoms with Crippen LogP contribution in [0.5, 0.6) is 0 Å². The predicted molar refractivity (Wildman–Crippen MR) is 94.4 cm³/mol. The normalized spacial score (nSPS) is 11.3. The number of halogens is 3. The Morgan fingerprint density at radius 1 is 1.04 bits per heavy atom. The van der Waals surface area contributed by atoms with E-state index in [1.807, 2.05) is 0 Å². The summed E-state index contributed by atoms with van der Waals surface area (Å²) in [6, 6.07) is 10.8. The van der Waals surface area contributed by atoms with E-state index in [0.717, 1.165) is 4.47 Å². The molecule has 0 fully saturated rings. The summed E-state index contributed by atoms with van der Waals surface area (Å²) < 4.78 is 27.1. The van der Waals surface area contributed by atoms with Crippen LogP contribution in [-0.2, 0) is 14.8 Å². The lowest BCUT2D eigenvalue weighted by molar-refractivity contribution is -0.115. The van der Waals surface area contributed by atoms with Gasteiger partial charge in [-0.2, -0.15) is 0 Å². The van der Waals surface area contributed by atoms with Gasteiger partial charge in [-0.25, -0.2) is 13.1 Å². The lowest BCUT2D eigenvalue weighted by Crippen LogP contribution is -2.33. The zero-order chi connectivity index (χ0) is 17.0. The molecule has 2 aromatic carbocycles. The number of para-hydroxylation sites is 1. The van der Waals surface area contributed by atoms with Crippen molar-refractivity contribution in [2.45, 2.75) is 4.90 Å². The summed E-state index contributed by atoms with van der Waals surface area (Å²) in [6.45, 7) is -0.444. The van der Waals surface area contributed by atoms with Crippen LogP contribution in [0.25, 0.3) is 0 Å². The monoisotopic (exact) mass is 436 g/mol. The van der Waals surface area contributed by atoms with E-state index in [1.165, 1.54) is 12.1 Å². The standard InChI is InChI=1S/C14H11BrCl2N2O3S/c15-9-4-6-10(7-5-9)23(21,22)18-8-13(20)19-14-11(16)2-1-3-12(14)17/h1-7,18H,8H2,(H,19,20). The molecule has 2 N–H and O–H groups in total. The summed E-state index contributed by atoms with van der Waals surface area (Å²) in [6.07, 6.45) is 0. The average molecular weight is 438 g/mol. The third kappa shape index (κ3) is 4.92. The van der Waals surface area contributed by atoms with E-state index in [9.17, 15) is 13.2 Å². The average Bonchev–Trinajstić information content (AvgIpc) is 2.50. The summed E-state index contributed by atoms with van der Waals surface area (Å²) in [5.74, 6) is -0.583. The van der Waals surface area contributed by atoms with Gasteiger partial charge in [-0.15, -0.1) is 0 Å². The molecule has 0 atom stereocenters. The maximum Gasteiger partial charge on any atom is 0.241 e. The topological polar surface area (TPSA) is 75.3 Å². The van der Waals surface area contributed by atoms with Crippen molar-refractivity contribution < 1.29 is 13.2 Å². The molecular formula is C14H11BrCl2N2O3S. The molecule has 0 radical (unpaired) electrons. The highest BCUT2D eigenvalue weighted by Gasteiger charge is 2.16. The van der Waals surface area contributed by atoms with Crippen molar-refractivity contribution in [2.24, 2.45) is 0 Å². The van der Waals surface area contributed by atoms with E-state index < -0.39 is 22.5 Å². The molecule has 1 amide bonds. The maximum atomic E-state index is 12.1. The highest BCUT2D eigenvalue weighted by molar-refractivity contribution is 9.10. The van der Waals surface area contributed by atoms with Gasteiger partial charge in [-0.05, 0) is 36.4 Å². The number of amides is 1. The fourth-order valence-corrected chi connectivity index (χ4v) is 3.40. The third-order valence-corrected chi connectivity index (χ3v) is 5.35. The van der Waals surface area contributed by atoms with E-state index in [0.29, 0.717) is 0 Å². The highest BCUT2D eigenvalue weighted by Crippen LogP contribution is 2.29. The van der Waals surface area contributed by atoms with E-state index in [2.05, 4.69) is 26.0 Å². The number of carbonyl (C=O) groups is 1. The number of hydrogen-bond acceptors (Lipinski definition) is 3. The molecule has 0 bridgehead atoms. The van der Waals surface area contributed by atoms with Crippen molar-refractivity contribution in [3.8, 4) is 0 Å². The fraction of sp³-hybridized carbons (Fsp3) is 0.0714. The zero-order valence-electron chi connectivity index (χ0n) is 11.5. The van der Waals surface area contributed by atoms with Crippen LogP contribution in [0.2, 0.25) is 10.0 Å². The number of benzene rings is 2. The quantitative estimate of drug-likeness (QED) is 0.749. The minimum atomic E-state index is -3.78. The van der Waals surface area contributed by atoms with E-state index >= 15 is 0 Å². The summed E-state index contributed by atoms with van der Waals surface area (Å²) >= 11 is 15.1. The zero-order valence-corrected chi connectivity index (χ0v) is 15.4. The van der Waals surface area contributed by atoms with Crippen molar-refractivity contribution >= 4 is 60.7 Å². The van der Waals surface area contributed by atoms with Crippen molar-refractivity contribution in [2.75, 3.05) is 11.9 Å². The van der Waals surface area contributed by atoms with Gasteiger partial charge in [0.25, 0.3) is 0 Å². The van der Waals surface area contributed by atoms with Crippen molar-refractivity contribution in [1.29, 1.82) is 0 Å². The Morgan fingerprint density at radius 2 is 1.61 bits per heavy atom. The molecule has 0 saturated heterocycles. The Bertz CT molecular complexity index is 806. The predicted octanol–water partition coefficient (Wildman–Crippen LogP) is 3.67. The van der Waals surface area contributed by atoms with Crippen LogP contribution in [0.3, 0.4) is 0 Å². The van der Waals surface area contributed by atoms with Crippen LogP contribution in [-0.4, -0.2) is 20.9 Å². The van der Waals surface area contributed by atoms with Crippen LogP contribution in [0.15, 0.2) is 51.8 Å².